The fraction of sp³-hybridized carbons (Fsp3) is 0.135. The van der Waals surface area contributed by atoms with Crippen LogP contribution < -0.4 is 5.46 Å². The van der Waals surface area contributed by atoms with Crippen LogP contribution in [0.15, 0.2) is 102 Å². The summed E-state index contributed by atoms with van der Waals surface area (Å²) in [4.78, 5) is 4.82. The topological polar surface area (TPSA) is 49.8 Å². The Bertz CT molecular complexity index is 2180. The summed E-state index contributed by atoms with van der Waals surface area (Å²) < 4.78 is 6.75. The zero-order valence-electron chi connectivity index (χ0n) is 23.3. The van der Waals surface area contributed by atoms with Gasteiger partial charge in [0, 0.05) is 28.1 Å². The molecule has 2 heterocycles. The molecule has 2 aromatic heterocycles. The van der Waals surface area contributed by atoms with Gasteiger partial charge in [-0.15, -0.1) is 0 Å². The second-order valence-electron chi connectivity index (χ2n) is 11.9. The molecule has 0 aliphatic carbocycles. The molecule has 41 heavy (non-hydrogen) atoms. The summed E-state index contributed by atoms with van der Waals surface area (Å²) in [5, 5.41) is 16.3. The maximum absolute atomic E-state index is 10.3. The third-order valence-electron chi connectivity index (χ3n) is 7.85. The predicted octanol–water partition coefficient (Wildman–Crippen LogP) is 8.88. The van der Waals surface area contributed by atoms with E-state index in [9.17, 15) is 5.26 Å². The fourth-order valence-corrected chi connectivity index (χ4v) is 6.14. The standard InChI is InChI=1S/C37H27BN2O/c1-37(2,3)19-22-15-18-31(40-21-22)30-14-8-13-28-29-17-16-23(20-39)32(36(29)41-35(28)30)33-26-11-6-4-9-24(26)25-10-5-7-12-27(25)34(33)38/h4-18,21H,19H2,1-3H3. The van der Waals surface area contributed by atoms with Gasteiger partial charge in [-0.25, -0.2) is 0 Å². The second kappa shape index (κ2) is 9.35. The number of furan rings is 1. The summed E-state index contributed by atoms with van der Waals surface area (Å²) in [6, 6.07) is 33.0. The minimum atomic E-state index is 0.186. The lowest BCUT2D eigenvalue weighted by atomic mass is 9.78. The Labute approximate surface area is 240 Å². The molecule has 0 unspecified atom stereocenters. The first-order valence-electron chi connectivity index (χ1n) is 13.9. The molecule has 5 aromatic carbocycles. The van der Waals surface area contributed by atoms with E-state index in [-0.39, 0.29) is 5.41 Å². The summed E-state index contributed by atoms with van der Waals surface area (Å²) in [7, 11) is 6.94. The quantitative estimate of drug-likeness (QED) is 0.171. The van der Waals surface area contributed by atoms with Crippen LogP contribution in [0.2, 0.25) is 0 Å². The predicted molar refractivity (Wildman–Crippen MR) is 171 cm³/mol. The Morgan fingerprint density at radius 1 is 0.707 bits per heavy atom. The zero-order chi connectivity index (χ0) is 28.3. The lowest BCUT2D eigenvalue weighted by Crippen LogP contribution is -2.10. The molecule has 0 amide bonds. The minimum absolute atomic E-state index is 0.186. The third-order valence-corrected chi connectivity index (χ3v) is 7.85. The summed E-state index contributed by atoms with van der Waals surface area (Å²) >= 11 is 0. The average Bonchev–Trinajstić information content (AvgIpc) is 3.36. The van der Waals surface area contributed by atoms with Crippen molar-refractivity contribution in [2.75, 3.05) is 0 Å². The molecule has 0 N–H and O–H groups in total. The van der Waals surface area contributed by atoms with E-state index in [0.717, 1.165) is 66.7 Å². The molecule has 2 radical (unpaired) electrons. The van der Waals surface area contributed by atoms with E-state index in [2.05, 4.69) is 63.2 Å². The molecule has 0 spiro atoms. The number of para-hydroxylation sites is 1. The number of hydrogen-bond acceptors (Lipinski definition) is 3. The number of pyridine rings is 1. The normalized spacial score (nSPS) is 12.0. The zero-order valence-corrected chi connectivity index (χ0v) is 23.3. The Morgan fingerprint density at radius 3 is 2.05 bits per heavy atom. The lowest BCUT2D eigenvalue weighted by molar-refractivity contribution is 0.411. The van der Waals surface area contributed by atoms with Crippen molar-refractivity contribution in [2.45, 2.75) is 27.2 Å². The van der Waals surface area contributed by atoms with Gasteiger partial charge in [0.15, 0.2) is 0 Å². The molecule has 194 valence electrons. The van der Waals surface area contributed by atoms with Gasteiger partial charge in [-0.2, -0.15) is 5.26 Å². The van der Waals surface area contributed by atoms with Gasteiger partial charge in [0.05, 0.1) is 17.3 Å². The van der Waals surface area contributed by atoms with Gasteiger partial charge in [-0.3, -0.25) is 4.98 Å². The van der Waals surface area contributed by atoms with Crippen molar-refractivity contribution in [1.29, 1.82) is 5.26 Å². The maximum Gasteiger partial charge on any atom is 0.144 e. The molecule has 0 aliphatic rings. The van der Waals surface area contributed by atoms with Crippen LogP contribution >= 0.6 is 0 Å². The second-order valence-corrected chi connectivity index (χ2v) is 11.9. The van der Waals surface area contributed by atoms with Gasteiger partial charge >= 0.3 is 0 Å². The molecule has 0 aliphatic heterocycles. The van der Waals surface area contributed by atoms with Gasteiger partial charge in [0.1, 0.15) is 19.0 Å². The van der Waals surface area contributed by atoms with Crippen molar-refractivity contribution in [3.8, 4) is 28.5 Å². The molecular formula is C37H27BN2O. The summed E-state index contributed by atoms with van der Waals surface area (Å²) in [5.41, 5.74) is 7.28. The van der Waals surface area contributed by atoms with E-state index in [1.165, 1.54) is 5.56 Å². The van der Waals surface area contributed by atoms with Crippen LogP contribution in [-0.4, -0.2) is 12.8 Å². The minimum Gasteiger partial charge on any atom is -0.455 e. The average molecular weight is 526 g/mol. The van der Waals surface area contributed by atoms with Gasteiger partial charge in [0.2, 0.25) is 0 Å². The molecule has 7 aromatic rings. The monoisotopic (exact) mass is 526 g/mol. The van der Waals surface area contributed by atoms with E-state index in [4.69, 9.17) is 17.2 Å². The first kappa shape index (κ1) is 25.1. The summed E-state index contributed by atoms with van der Waals surface area (Å²) in [6.07, 6.45) is 2.92. The lowest BCUT2D eigenvalue weighted by Gasteiger charge is -2.17. The molecule has 3 nitrogen and oxygen atoms in total. The fourth-order valence-electron chi connectivity index (χ4n) is 6.14. The molecule has 4 heteroatoms. The van der Waals surface area contributed by atoms with Crippen molar-refractivity contribution in [1.82, 2.24) is 4.98 Å². The molecule has 0 bridgehead atoms. The Balaban J connectivity index is 1.53. The van der Waals surface area contributed by atoms with Gasteiger partial charge < -0.3 is 4.42 Å². The number of nitrogens with zero attached hydrogens (tertiary/aromatic N) is 2. The highest BCUT2D eigenvalue weighted by molar-refractivity contribution is 6.46. The van der Waals surface area contributed by atoms with Crippen LogP contribution in [0.25, 0.3) is 65.9 Å². The van der Waals surface area contributed by atoms with Gasteiger partial charge in [-0.1, -0.05) is 93.0 Å². The van der Waals surface area contributed by atoms with Crippen molar-refractivity contribution in [3.05, 3.63) is 108 Å². The first-order valence-corrected chi connectivity index (χ1v) is 13.9. The SMILES string of the molecule is [B]c1c(-c2c(C#N)ccc3c2oc2c(-c4ccc(CC(C)(C)C)cn4)cccc23)c2ccccc2c2ccccc12. The highest BCUT2D eigenvalue weighted by Gasteiger charge is 2.22. The first-order chi connectivity index (χ1) is 19.8. The van der Waals surface area contributed by atoms with Crippen LogP contribution in [0.5, 0.6) is 0 Å². The van der Waals surface area contributed by atoms with Crippen LogP contribution in [0.1, 0.15) is 31.9 Å². The molecule has 0 fully saturated rings. The highest BCUT2D eigenvalue weighted by Crippen LogP contribution is 2.43. The number of benzene rings is 5. The van der Waals surface area contributed by atoms with E-state index in [1.807, 2.05) is 60.8 Å². The van der Waals surface area contributed by atoms with Crippen molar-refractivity contribution in [2.24, 2.45) is 5.41 Å². The van der Waals surface area contributed by atoms with E-state index < -0.39 is 0 Å². The highest BCUT2D eigenvalue weighted by atomic mass is 16.3. The van der Waals surface area contributed by atoms with E-state index in [1.54, 1.807) is 0 Å². The number of fused-ring (bicyclic) bond motifs is 6. The smallest absolute Gasteiger partial charge is 0.144 e. The van der Waals surface area contributed by atoms with Crippen LogP contribution in [-0.2, 0) is 6.42 Å². The molecule has 0 atom stereocenters. The summed E-state index contributed by atoms with van der Waals surface area (Å²) in [5.74, 6) is 0. The number of hydrogen-bond donors (Lipinski definition) is 0. The summed E-state index contributed by atoms with van der Waals surface area (Å²) in [6.45, 7) is 6.69. The Morgan fingerprint density at radius 2 is 1.37 bits per heavy atom. The molecular weight excluding hydrogens is 499 g/mol. The van der Waals surface area contributed by atoms with Gasteiger partial charge in [-0.05, 0) is 68.8 Å². The van der Waals surface area contributed by atoms with Crippen LogP contribution in [0.4, 0.5) is 0 Å². The van der Waals surface area contributed by atoms with E-state index in [0.29, 0.717) is 16.6 Å². The van der Waals surface area contributed by atoms with E-state index >= 15 is 0 Å². The third kappa shape index (κ3) is 4.09. The van der Waals surface area contributed by atoms with Crippen LogP contribution in [0, 0.1) is 16.7 Å². The molecule has 0 saturated carbocycles. The number of rotatable bonds is 3. The molecule has 7 rings (SSSR count). The number of nitriles is 1. The molecule has 0 saturated heterocycles. The van der Waals surface area contributed by atoms with Crippen molar-refractivity contribution >= 4 is 56.8 Å². The number of aromatic nitrogens is 1. The van der Waals surface area contributed by atoms with Gasteiger partial charge in [0.25, 0.3) is 0 Å². The van der Waals surface area contributed by atoms with Crippen molar-refractivity contribution < 1.29 is 4.42 Å². The van der Waals surface area contributed by atoms with Crippen LogP contribution in [0.3, 0.4) is 0 Å². The largest absolute Gasteiger partial charge is 0.455 e. The van der Waals surface area contributed by atoms with Crippen molar-refractivity contribution in [3.63, 3.8) is 0 Å². The Hall–Kier alpha value is -4.88. The maximum atomic E-state index is 10.3. The Kier molecular flexibility index (Phi) is 5.73.